The minimum atomic E-state index is 0.585. The molecule has 0 aliphatic rings. The lowest BCUT2D eigenvalue weighted by Crippen LogP contribution is -2.13. The van der Waals surface area contributed by atoms with Crippen LogP contribution in [0.4, 0.5) is 0 Å². The van der Waals surface area contributed by atoms with Gasteiger partial charge in [0.2, 0.25) is 11.8 Å². The quantitative estimate of drug-likeness (QED) is 0.803. The molecule has 0 atom stereocenters. The molecule has 1 aromatic carbocycles. The summed E-state index contributed by atoms with van der Waals surface area (Å²) in [5.74, 6) is 1.22. The third-order valence-corrected chi connectivity index (χ3v) is 2.43. The second-order valence-electron chi connectivity index (χ2n) is 4.05. The van der Waals surface area contributed by atoms with Crippen molar-refractivity contribution in [2.45, 2.75) is 26.8 Å². The number of aromatic nitrogens is 2. The van der Waals surface area contributed by atoms with Gasteiger partial charge < -0.3 is 9.73 Å². The Morgan fingerprint density at radius 1 is 1.29 bits per heavy atom. The van der Waals surface area contributed by atoms with E-state index in [0.29, 0.717) is 18.3 Å². The van der Waals surface area contributed by atoms with Crippen LogP contribution in [0.1, 0.15) is 24.8 Å². The van der Waals surface area contributed by atoms with Crippen LogP contribution in [0.3, 0.4) is 0 Å². The zero-order valence-electron chi connectivity index (χ0n) is 10.2. The number of nitrogens with zero attached hydrogens (tertiary/aromatic N) is 2. The summed E-state index contributed by atoms with van der Waals surface area (Å²) in [4.78, 5) is 0. The lowest BCUT2D eigenvalue weighted by Gasteiger charge is -1.97. The molecule has 4 nitrogen and oxygen atoms in total. The van der Waals surface area contributed by atoms with E-state index in [4.69, 9.17) is 4.42 Å². The van der Waals surface area contributed by atoms with E-state index in [2.05, 4.69) is 22.4 Å². The Kier molecular flexibility index (Phi) is 3.88. The number of rotatable bonds is 5. The van der Waals surface area contributed by atoms with E-state index >= 15 is 0 Å². The Morgan fingerprint density at radius 2 is 2.18 bits per heavy atom. The molecule has 1 heterocycles. The molecule has 2 rings (SSSR count). The zero-order chi connectivity index (χ0) is 12.1. The number of hydrogen-bond acceptors (Lipinski definition) is 4. The fourth-order valence-electron chi connectivity index (χ4n) is 1.59. The molecular weight excluding hydrogens is 214 g/mol. The average molecular weight is 231 g/mol. The van der Waals surface area contributed by atoms with Crippen molar-refractivity contribution in [3.05, 3.63) is 35.7 Å². The topological polar surface area (TPSA) is 51.0 Å². The normalized spacial score (nSPS) is 10.7. The number of hydrogen-bond donors (Lipinski definition) is 1. The number of nitrogens with one attached hydrogen (secondary N) is 1. The van der Waals surface area contributed by atoms with Gasteiger partial charge in [0.15, 0.2) is 0 Å². The molecule has 0 spiro atoms. The van der Waals surface area contributed by atoms with Crippen molar-refractivity contribution in [3.63, 3.8) is 0 Å². The minimum Gasteiger partial charge on any atom is -0.419 e. The van der Waals surface area contributed by atoms with Crippen LogP contribution in [0.15, 0.2) is 28.7 Å². The summed E-state index contributed by atoms with van der Waals surface area (Å²) in [7, 11) is 0. The predicted molar refractivity (Wildman–Crippen MR) is 66.5 cm³/mol. The van der Waals surface area contributed by atoms with Gasteiger partial charge in [-0.3, -0.25) is 0 Å². The summed E-state index contributed by atoms with van der Waals surface area (Å²) >= 11 is 0. The van der Waals surface area contributed by atoms with Crippen molar-refractivity contribution in [1.82, 2.24) is 15.5 Å². The summed E-state index contributed by atoms with van der Waals surface area (Å²) in [6.45, 7) is 5.76. The molecule has 0 fully saturated rings. The summed E-state index contributed by atoms with van der Waals surface area (Å²) < 4.78 is 5.59. The average Bonchev–Trinajstić information content (AvgIpc) is 2.78. The van der Waals surface area contributed by atoms with Crippen LogP contribution in [-0.4, -0.2) is 16.7 Å². The maximum absolute atomic E-state index is 5.59. The van der Waals surface area contributed by atoms with E-state index in [1.165, 1.54) is 5.56 Å². The largest absolute Gasteiger partial charge is 0.419 e. The van der Waals surface area contributed by atoms with E-state index in [0.717, 1.165) is 18.5 Å². The van der Waals surface area contributed by atoms with Crippen LogP contribution < -0.4 is 5.32 Å². The highest BCUT2D eigenvalue weighted by Gasteiger charge is 2.07. The van der Waals surface area contributed by atoms with Gasteiger partial charge in [0.1, 0.15) is 0 Å². The summed E-state index contributed by atoms with van der Waals surface area (Å²) in [5, 5.41) is 11.3. The summed E-state index contributed by atoms with van der Waals surface area (Å²) in [6.07, 6.45) is 1.10. The summed E-state index contributed by atoms with van der Waals surface area (Å²) in [6, 6.07) is 8.05. The third kappa shape index (κ3) is 3.14. The van der Waals surface area contributed by atoms with Crippen LogP contribution in [0, 0.1) is 6.92 Å². The first-order chi connectivity index (χ1) is 8.29. The molecule has 0 saturated heterocycles. The SMILES string of the molecule is CCCNCc1nnc(-c2cccc(C)c2)o1. The highest BCUT2D eigenvalue weighted by molar-refractivity contribution is 5.53. The Hall–Kier alpha value is -1.68. The molecular formula is C13H17N3O. The first kappa shape index (κ1) is 11.8. The monoisotopic (exact) mass is 231 g/mol. The van der Waals surface area contributed by atoms with Crippen molar-refractivity contribution in [2.75, 3.05) is 6.54 Å². The highest BCUT2D eigenvalue weighted by atomic mass is 16.4. The molecule has 1 N–H and O–H groups in total. The van der Waals surface area contributed by atoms with Crippen LogP contribution in [-0.2, 0) is 6.54 Å². The van der Waals surface area contributed by atoms with Gasteiger partial charge in [-0.15, -0.1) is 10.2 Å². The molecule has 17 heavy (non-hydrogen) atoms. The van der Waals surface area contributed by atoms with Crippen LogP contribution in [0.25, 0.3) is 11.5 Å². The fraction of sp³-hybridized carbons (Fsp3) is 0.385. The lowest BCUT2D eigenvalue weighted by atomic mass is 10.1. The van der Waals surface area contributed by atoms with Crippen molar-refractivity contribution in [1.29, 1.82) is 0 Å². The molecule has 1 aromatic heterocycles. The van der Waals surface area contributed by atoms with E-state index in [1.54, 1.807) is 0 Å². The molecule has 0 unspecified atom stereocenters. The van der Waals surface area contributed by atoms with Crippen LogP contribution >= 0.6 is 0 Å². The molecule has 0 radical (unpaired) electrons. The van der Waals surface area contributed by atoms with Crippen molar-refractivity contribution in [3.8, 4) is 11.5 Å². The van der Waals surface area contributed by atoms with Gasteiger partial charge >= 0.3 is 0 Å². The van der Waals surface area contributed by atoms with Gasteiger partial charge in [-0.25, -0.2) is 0 Å². The first-order valence-electron chi connectivity index (χ1n) is 5.89. The lowest BCUT2D eigenvalue weighted by molar-refractivity contribution is 0.477. The smallest absolute Gasteiger partial charge is 0.247 e. The Morgan fingerprint density at radius 3 is 2.94 bits per heavy atom. The Labute approximate surface area is 101 Å². The van der Waals surface area contributed by atoms with Crippen molar-refractivity contribution < 1.29 is 4.42 Å². The van der Waals surface area contributed by atoms with E-state index < -0.39 is 0 Å². The molecule has 0 aliphatic heterocycles. The molecule has 0 saturated carbocycles. The molecule has 4 heteroatoms. The van der Waals surface area contributed by atoms with Crippen molar-refractivity contribution in [2.24, 2.45) is 0 Å². The van der Waals surface area contributed by atoms with Gasteiger partial charge in [-0.05, 0) is 32.0 Å². The Bertz CT molecular complexity index is 479. The van der Waals surface area contributed by atoms with Crippen molar-refractivity contribution >= 4 is 0 Å². The zero-order valence-corrected chi connectivity index (χ0v) is 10.2. The molecule has 90 valence electrons. The standard InChI is InChI=1S/C13H17N3O/c1-3-7-14-9-12-15-16-13(17-12)11-6-4-5-10(2)8-11/h4-6,8,14H,3,7,9H2,1-2H3. The fourth-order valence-corrected chi connectivity index (χ4v) is 1.59. The van der Waals surface area contributed by atoms with E-state index in [-0.39, 0.29) is 0 Å². The van der Waals surface area contributed by atoms with Gasteiger partial charge in [0.25, 0.3) is 0 Å². The Balaban J connectivity index is 2.07. The van der Waals surface area contributed by atoms with Gasteiger partial charge in [0, 0.05) is 5.56 Å². The minimum absolute atomic E-state index is 0.585. The van der Waals surface area contributed by atoms with Gasteiger partial charge in [0.05, 0.1) is 6.54 Å². The highest BCUT2D eigenvalue weighted by Crippen LogP contribution is 2.18. The molecule has 2 aromatic rings. The number of benzene rings is 1. The summed E-state index contributed by atoms with van der Waals surface area (Å²) in [5.41, 5.74) is 2.16. The van der Waals surface area contributed by atoms with Gasteiger partial charge in [-0.1, -0.05) is 24.6 Å². The first-order valence-corrected chi connectivity index (χ1v) is 5.89. The second kappa shape index (κ2) is 5.59. The second-order valence-corrected chi connectivity index (χ2v) is 4.05. The maximum Gasteiger partial charge on any atom is 0.247 e. The third-order valence-electron chi connectivity index (χ3n) is 2.43. The predicted octanol–water partition coefficient (Wildman–Crippen LogP) is 2.54. The van der Waals surface area contributed by atoms with Crippen LogP contribution in [0.5, 0.6) is 0 Å². The molecule has 0 aliphatic carbocycles. The van der Waals surface area contributed by atoms with E-state index in [9.17, 15) is 0 Å². The maximum atomic E-state index is 5.59. The molecule has 0 bridgehead atoms. The van der Waals surface area contributed by atoms with Gasteiger partial charge in [-0.2, -0.15) is 0 Å². The number of aryl methyl sites for hydroxylation is 1. The van der Waals surface area contributed by atoms with E-state index in [1.807, 2.05) is 31.2 Å². The molecule has 0 amide bonds. The van der Waals surface area contributed by atoms with Crippen LogP contribution in [0.2, 0.25) is 0 Å².